The van der Waals surface area contributed by atoms with Gasteiger partial charge >= 0.3 is 0 Å². The number of halogens is 4. The van der Waals surface area contributed by atoms with E-state index in [4.69, 9.17) is 27.9 Å². The van der Waals surface area contributed by atoms with E-state index in [0.717, 1.165) is 37.1 Å². The van der Waals surface area contributed by atoms with E-state index in [0.29, 0.717) is 22.5 Å². The van der Waals surface area contributed by atoms with Gasteiger partial charge in [0.2, 0.25) is 0 Å². The molecule has 0 bridgehead atoms. The minimum Gasteiger partial charge on any atom is -0.490 e. The molecule has 0 radical (unpaired) electrons. The van der Waals surface area contributed by atoms with Crippen molar-refractivity contribution in [2.75, 3.05) is 18.4 Å². The lowest BCUT2D eigenvalue weighted by Gasteiger charge is -2.25. The number of hydrogen-bond donors (Lipinski definition) is 2. The first-order valence-electron chi connectivity index (χ1n) is 10.6. The molecule has 0 aliphatic carbocycles. The molecule has 1 fully saturated rings. The molecule has 1 aliphatic heterocycles. The van der Waals surface area contributed by atoms with E-state index in [2.05, 4.69) is 25.7 Å². The Kier molecular flexibility index (Phi) is 7.57. The maximum atomic E-state index is 14.7. The van der Waals surface area contributed by atoms with Crippen molar-refractivity contribution in [3.8, 4) is 16.9 Å². The van der Waals surface area contributed by atoms with Gasteiger partial charge in [0.1, 0.15) is 24.0 Å². The van der Waals surface area contributed by atoms with E-state index in [1.54, 1.807) is 10.9 Å². The number of rotatable bonds is 5. The zero-order valence-electron chi connectivity index (χ0n) is 18.2. The van der Waals surface area contributed by atoms with Crippen LogP contribution in [0.15, 0.2) is 43.0 Å². The number of piperidine rings is 1. The van der Waals surface area contributed by atoms with E-state index < -0.39 is 5.82 Å². The van der Waals surface area contributed by atoms with Gasteiger partial charge in [0.25, 0.3) is 0 Å². The fourth-order valence-electron chi connectivity index (χ4n) is 3.91. The highest BCUT2D eigenvalue weighted by Crippen LogP contribution is 2.38. The molecule has 7 nitrogen and oxygen atoms in total. The van der Waals surface area contributed by atoms with Crippen LogP contribution in [0.25, 0.3) is 22.0 Å². The molecule has 0 atom stereocenters. The number of benzene rings is 2. The highest BCUT2D eigenvalue weighted by molar-refractivity contribution is 8.93. The molecule has 1 aliphatic rings. The normalized spacial score (nSPS) is 14.1. The third-order valence-electron chi connectivity index (χ3n) is 5.62. The third-order valence-corrected chi connectivity index (χ3v) is 6.40. The summed E-state index contributed by atoms with van der Waals surface area (Å²) in [5.74, 6) is 0.495. The number of hydrogen-bond acceptors (Lipinski definition) is 6. The van der Waals surface area contributed by atoms with Crippen LogP contribution >= 0.6 is 40.2 Å². The van der Waals surface area contributed by atoms with Crippen LogP contribution in [0.2, 0.25) is 10.0 Å². The Hall–Kier alpha value is -2.46. The van der Waals surface area contributed by atoms with Crippen molar-refractivity contribution in [1.82, 2.24) is 25.1 Å². The van der Waals surface area contributed by atoms with Crippen molar-refractivity contribution >= 4 is 62.6 Å². The van der Waals surface area contributed by atoms with Gasteiger partial charge in [-0.15, -0.1) is 17.0 Å². The maximum absolute atomic E-state index is 14.7. The second-order valence-electron chi connectivity index (χ2n) is 7.91. The predicted octanol–water partition coefficient (Wildman–Crippen LogP) is 5.93. The van der Waals surface area contributed by atoms with Gasteiger partial charge in [-0.1, -0.05) is 23.2 Å². The smallest absolute Gasteiger partial charge is 0.166 e. The summed E-state index contributed by atoms with van der Waals surface area (Å²) in [6.07, 6.45) is 7.07. The molecule has 34 heavy (non-hydrogen) atoms. The van der Waals surface area contributed by atoms with Gasteiger partial charge in [-0.3, -0.25) is 4.68 Å². The lowest BCUT2D eigenvalue weighted by molar-refractivity contribution is 0.163. The topological polar surface area (TPSA) is 76.9 Å². The number of nitrogens with zero attached hydrogens (tertiary/aromatic N) is 4. The van der Waals surface area contributed by atoms with Crippen LogP contribution in [-0.2, 0) is 7.05 Å². The molecule has 178 valence electrons. The molecule has 2 aromatic heterocycles. The van der Waals surface area contributed by atoms with Gasteiger partial charge < -0.3 is 15.4 Å². The Morgan fingerprint density at radius 2 is 1.97 bits per heavy atom. The molecule has 1 saturated heterocycles. The molecule has 0 amide bonds. The van der Waals surface area contributed by atoms with Crippen molar-refractivity contribution in [2.45, 2.75) is 18.9 Å². The number of aromatic nitrogens is 4. The summed E-state index contributed by atoms with van der Waals surface area (Å²) in [6.45, 7) is 1.82. The summed E-state index contributed by atoms with van der Waals surface area (Å²) < 4.78 is 22.9. The van der Waals surface area contributed by atoms with Crippen LogP contribution in [0.3, 0.4) is 0 Å². The van der Waals surface area contributed by atoms with Crippen LogP contribution < -0.4 is 15.4 Å². The Morgan fingerprint density at radius 1 is 1.18 bits per heavy atom. The average molecular weight is 568 g/mol. The van der Waals surface area contributed by atoms with Gasteiger partial charge in [-0.2, -0.15) is 5.10 Å². The van der Waals surface area contributed by atoms with E-state index in [1.165, 1.54) is 18.5 Å². The number of aryl methyl sites for hydroxylation is 1. The molecule has 2 N–H and O–H groups in total. The quantitative estimate of drug-likeness (QED) is 0.291. The summed E-state index contributed by atoms with van der Waals surface area (Å²) in [4.78, 5) is 8.78. The summed E-state index contributed by atoms with van der Waals surface area (Å²) in [5.41, 5.74) is 2.66. The number of ether oxygens (including phenoxy) is 1. The Balaban J connectivity index is 0.00000274. The highest BCUT2D eigenvalue weighted by atomic mass is 79.9. The first-order chi connectivity index (χ1) is 16.0. The largest absolute Gasteiger partial charge is 0.490 e. The monoisotopic (exact) mass is 566 g/mol. The van der Waals surface area contributed by atoms with Crippen LogP contribution in [0.4, 0.5) is 15.9 Å². The van der Waals surface area contributed by atoms with Crippen LogP contribution in [0.1, 0.15) is 12.8 Å². The van der Waals surface area contributed by atoms with Crippen molar-refractivity contribution in [2.24, 2.45) is 7.05 Å². The molecule has 5 rings (SSSR count). The van der Waals surface area contributed by atoms with Crippen molar-refractivity contribution < 1.29 is 9.13 Å². The predicted molar refractivity (Wildman–Crippen MR) is 138 cm³/mol. The second-order valence-corrected chi connectivity index (χ2v) is 8.69. The zero-order chi connectivity index (χ0) is 22.9. The Labute approximate surface area is 216 Å². The highest BCUT2D eigenvalue weighted by Gasteiger charge is 2.20. The standard InChI is InChI=1S/C23H21Cl2FN6O.BrH/c1-32-11-13(10-30-32)15-8-19-16(9-20(15)33-14-4-6-27-7-5-14)23(29-12-28-19)31-18-3-2-17(24)21(25)22(18)26;/h2-3,8-12,14,27H,4-7H2,1H3,(H,28,29,31);1H. The molecule has 4 aromatic rings. The molecular formula is C23H22BrCl2FN6O. The summed E-state index contributed by atoms with van der Waals surface area (Å²) >= 11 is 11.9. The molecule has 0 spiro atoms. The fraction of sp³-hybridized carbons (Fsp3) is 0.261. The van der Waals surface area contributed by atoms with E-state index in [1.807, 2.05) is 25.4 Å². The van der Waals surface area contributed by atoms with Crippen LogP contribution in [0, 0.1) is 5.82 Å². The van der Waals surface area contributed by atoms with Gasteiger partial charge in [-0.05, 0) is 50.2 Å². The van der Waals surface area contributed by atoms with Crippen LogP contribution in [0.5, 0.6) is 5.75 Å². The van der Waals surface area contributed by atoms with Crippen molar-refractivity contribution in [3.63, 3.8) is 0 Å². The van der Waals surface area contributed by atoms with Crippen molar-refractivity contribution in [1.29, 1.82) is 0 Å². The molecule has 11 heteroatoms. The SMILES string of the molecule is Br.Cn1cc(-c2cc3ncnc(Nc4ccc(Cl)c(Cl)c4F)c3cc2OC2CCNCC2)cn1. The Bertz CT molecular complexity index is 1330. The van der Waals surface area contributed by atoms with E-state index in [9.17, 15) is 4.39 Å². The lowest BCUT2D eigenvalue weighted by Crippen LogP contribution is -2.34. The summed E-state index contributed by atoms with van der Waals surface area (Å²) in [7, 11) is 1.87. The number of anilines is 2. The molecule has 0 unspecified atom stereocenters. The molecular weight excluding hydrogens is 546 g/mol. The molecule has 0 saturated carbocycles. The maximum Gasteiger partial charge on any atom is 0.166 e. The van der Waals surface area contributed by atoms with Gasteiger partial charge in [0, 0.05) is 29.8 Å². The minimum atomic E-state index is -0.644. The average Bonchev–Trinajstić information content (AvgIpc) is 3.26. The molecule has 3 heterocycles. The molecule has 2 aromatic carbocycles. The van der Waals surface area contributed by atoms with Gasteiger partial charge in [-0.25, -0.2) is 14.4 Å². The lowest BCUT2D eigenvalue weighted by atomic mass is 10.0. The first-order valence-corrected chi connectivity index (χ1v) is 11.3. The van der Waals surface area contributed by atoms with Gasteiger partial charge in [0.15, 0.2) is 5.82 Å². The Morgan fingerprint density at radius 3 is 2.71 bits per heavy atom. The van der Waals surface area contributed by atoms with E-state index >= 15 is 0 Å². The van der Waals surface area contributed by atoms with Crippen molar-refractivity contribution in [3.05, 3.63) is 58.8 Å². The minimum absolute atomic E-state index is 0. The summed E-state index contributed by atoms with van der Waals surface area (Å²) in [5, 5.41) is 11.4. The summed E-state index contributed by atoms with van der Waals surface area (Å²) in [6, 6.07) is 6.90. The zero-order valence-corrected chi connectivity index (χ0v) is 21.4. The van der Waals surface area contributed by atoms with E-state index in [-0.39, 0.29) is 38.8 Å². The third kappa shape index (κ3) is 4.98. The second kappa shape index (κ2) is 10.4. The fourth-order valence-corrected chi connectivity index (χ4v) is 4.22. The number of fused-ring (bicyclic) bond motifs is 1. The first kappa shape index (κ1) is 24.7. The number of nitrogens with one attached hydrogen (secondary N) is 2. The van der Waals surface area contributed by atoms with Gasteiger partial charge in [0.05, 0.1) is 27.4 Å². The van der Waals surface area contributed by atoms with Crippen LogP contribution in [-0.4, -0.2) is 38.9 Å².